The third-order valence-corrected chi connectivity index (χ3v) is 3.10. The Morgan fingerprint density at radius 2 is 2.11 bits per heavy atom. The molecule has 19 heavy (non-hydrogen) atoms. The number of hydrogen-bond donors (Lipinski definition) is 0. The van der Waals surface area contributed by atoms with Gasteiger partial charge in [0.05, 0.1) is 19.3 Å². The van der Waals surface area contributed by atoms with Crippen molar-refractivity contribution in [3.63, 3.8) is 0 Å². The zero-order valence-corrected chi connectivity index (χ0v) is 11.5. The second-order valence-electron chi connectivity index (χ2n) is 4.49. The lowest BCUT2D eigenvalue weighted by molar-refractivity contribution is 0.0992. The van der Waals surface area contributed by atoms with E-state index in [1.54, 1.807) is 7.11 Å². The van der Waals surface area contributed by atoms with Crippen molar-refractivity contribution in [1.29, 1.82) is 0 Å². The summed E-state index contributed by atoms with van der Waals surface area (Å²) in [5.41, 5.74) is 1.68. The molecule has 0 aliphatic carbocycles. The van der Waals surface area contributed by atoms with Crippen molar-refractivity contribution in [3.05, 3.63) is 48.3 Å². The van der Waals surface area contributed by atoms with Crippen LogP contribution in [0.3, 0.4) is 0 Å². The molecule has 0 aliphatic heterocycles. The van der Waals surface area contributed by atoms with Gasteiger partial charge in [0.25, 0.3) is 0 Å². The Hall–Kier alpha value is -2.23. The number of rotatable bonds is 5. The molecule has 0 radical (unpaired) electrons. The lowest BCUT2D eigenvalue weighted by atomic mass is 10.2. The molecule has 0 aliphatic rings. The topological polar surface area (TPSA) is 34.5 Å². The molecule has 100 valence electrons. The fourth-order valence-electron chi connectivity index (χ4n) is 1.99. The zero-order chi connectivity index (χ0) is 13.8. The van der Waals surface area contributed by atoms with Gasteiger partial charge in [-0.25, -0.2) is 0 Å². The van der Waals surface area contributed by atoms with Crippen molar-refractivity contribution in [2.24, 2.45) is 7.05 Å². The zero-order valence-electron chi connectivity index (χ0n) is 11.5. The molecule has 0 fully saturated rings. The van der Waals surface area contributed by atoms with Gasteiger partial charge >= 0.3 is 0 Å². The summed E-state index contributed by atoms with van der Waals surface area (Å²) >= 11 is 0. The first-order valence-electron chi connectivity index (χ1n) is 6.11. The lowest BCUT2D eigenvalue weighted by Crippen LogP contribution is -2.26. The van der Waals surface area contributed by atoms with Crippen LogP contribution in [0.1, 0.15) is 10.5 Å². The molecular weight excluding hydrogens is 240 g/mol. The standard InChI is InChI=1S/C15H18N2O2/c1-16-9-5-8-14(16)15(18)11-17(2)12-6-4-7-13(10-12)19-3/h4-10H,11H2,1-3H3. The predicted molar refractivity (Wildman–Crippen MR) is 76.0 cm³/mol. The maximum atomic E-state index is 12.2. The van der Waals surface area contributed by atoms with Gasteiger partial charge in [0.1, 0.15) is 5.75 Å². The molecule has 0 N–H and O–H groups in total. The average molecular weight is 258 g/mol. The molecule has 0 saturated carbocycles. The number of carbonyl (C=O) groups excluding carboxylic acids is 1. The van der Waals surface area contributed by atoms with E-state index < -0.39 is 0 Å². The van der Waals surface area contributed by atoms with Crippen LogP contribution in [0.2, 0.25) is 0 Å². The third kappa shape index (κ3) is 2.96. The summed E-state index contributed by atoms with van der Waals surface area (Å²) in [6.45, 7) is 0.338. The van der Waals surface area contributed by atoms with Crippen LogP contribution in [0.15, 0.2) is 42.6 Å². The van der Waals surface area contributed by atoms with Gasteiger partial charge in [0.15, 0.2) is 5.78 Å². The molecule has 0 atom stereocenters. The first kappa shape index (κ1) is 13.2. The Balaban J connectivity index is 2.10. The van der Waals surface area contributed by atoms with Crippen molar-refractivity contribution in [2.45, 2.75) is 0 Å². The fourth-order valence-corrected chi connectivity index (χ4v) is 1.99. The molecule has 1 heterocycles. The molecule has 0 spiro atoms. The number of ether oxygens (including phenoxy) is 1. The van der Waals surface area contributed by atoms with Crippen LogP contribution in [0.5, 0.6) is 5.75 Å². The largest absolute Gasteiger partial charge is 0.497 e. The molecular formula is C15H18N2O2. The van der Waals surface area contributed by atoms with Gasteiger partial charge in [-0.3, -0.25) is 4.79 Å². The Labute approximate surface area is 113 Å². The predicted octanol–water partition coefficient (Wildman–Crippen LogP) is 2.35. The number of aryl methyl sites for hydroxylation is 1. The average Bonchev–Trinajstić information content (AvgIpc) is 2.85. The summed E-state index contributed by atoms with van der Waals surface area (Å²) in [5.74, 6) is 0.883. The quantitative estimate of drug-likeness (QED) is 0.772. The maximum Gasteiger partial charge on any atom is 0.198 e. The Morgan fingerprint density at radius 1 is 1.32 bits per heavy atom. The van der Waals surface area contributed by atoms with Crippen LogP contribution in [0.4, 0.5) is 5.69 Å². The Morgan fingerprint density at radius 3 is 2.74 bits per heavy atom. The van der Waals surface area contributed by atoms with Crippen molar-refractivity contribution >= 4 is 11.5 Å². The number of ketones is 1. The van der Waals surface area contributed by atoms with Crippen LogP contribution in [-0.4, -0.2) is 31.1 Å². The fraction of sp³-hybridized carbons (Fsp3) is 0.267. The van der Waals surface area contributed by atoms with Gasteiger partial charge in [-0.15, -0.1) is 0 Å². The summed E-state index contributed by atoms with van der Waals surface area (Å²) in [6.07, 6.45) is 1.87. The molecule has 0 amide bonds. The summed E-state index contributed by atoms with van der Waals surface area (Å²) in [7, 11) is 5.41. The highest BCUT2D eigenvalue weighted by Gasteiger charge is 2.12. The number of aromatic nitrogens is 1. The minimum absolute atomic E-state index is 0.0952. The smallest absolute Gasteiger partial charge is 0.198 e. The van der Waals surface area contributed by atoms with Crippen molar-refractivity contribution in [3.8, 4) is 5.75 Å². The number of anilines is 1. The highest BCUT2D eigenvalue weighted by Crippen LogP contribution is 2.20. The van der Waals surface area contributed by atoms with E-state index in [9.17, 15) is 4.79 Å². The van der Waals surface area contributed by atoms with E-state index >= 15 is 0 Å². The van der Waals surface area contributed by atoms with Crippen LogP contribution in [0.25, 0.3) is 0 Å². The van der Waals surface area contributed by atoms with E-state index in [-0.39, 0.29) is 5.78 Å². The second-order valence-corrected chi connectivity index (χ2v) is 4.49. The normalized spacial score (nSPS) is 10.3. The number of hydrogen-bond acceptors (Lipinski definition) is 3. The molecule has 2 aromatic rings. The van der Waals surface area contributed by atoms with Gasteiger partial charge in [-0.2, -0.15) is 0 Å². The van der Waals surface area contributed by atoms with E-state index in [1.165, 1.54) is 0 Å². The lowest BCUT2D eigenvalue weighted by Gasteiger charge is -2.19. The van der Waals surface area contributed by atoms with Crippen LogP contribution in [0, 0.1) is 0 Å². The van der Waals surface area contributed by atoms with E-state index in [2.05, 4.69) is 0 Å². The van der Waals surface area contributed by atoms with Crippen LogP contribution >= 0.6 is 0 Å². The highest BCUT2D eigenvalue weighted by molar-refractivity contribution is 5.97. The molecule has 4 heteroatoms. The summed E-state index contributed by atoms with van der Waals surface area (Å²) in [5, 5.41) is 0. The SMILES string of the molecule is COc1cccc(N(C)CC(=O)c2cccn2C)c1. The molecule has 0 saturated heterocycles. The first-order chi connectivity index (χ1) is 9.11. The molecule has 0 bridgehead atoms. The van der Waals surface area contributed by atoms with Crippen molar-refractivity contribution in [2.75, 3.05) is 25.6 Å². The number of methoxy groups -OCH3 is 1. The minimum Gasteiger partial charge on any atom is -0.497 e. The number of Topliss-reactive ketones (excluding diaryl/α,β-unsaturated/α-hetero) is 1. The Bertz CT molecular complexity index is 575. The molecule has 4 nitrogen and oxygen atoms in total. The third-order valence-electron chi connectivity index (χ3n) is 3.10. The van der Waals surface area contributed by atoms with Gasteiger partial charge < -0.3 is 14.2 Å². The number of benzene rings is 1. The number of carbonyl (C=O) groups is 1. The Kier molecular flexibility index (Phi) is 3.90. The highest BCUT2D eigenvalue weighted by atomic mass is 16.5. The monoisotopic (exact) mass is 258 g/mol. The summed E-state index contributed by atoms with van der Waals surface area (Å²) in [4.78, 5) is 14.1. The van der Waals surface area contributed by atoms with E-state index in [1.807, 2.05) is 66.2 Å². The van der Waals surface area contributed by atoms with Gasteiger partial charge in [0, 0.05) is 32.0 Å². The van der Waals surface area contributed by atoms with Crippen LogP contribution in [-0.2, 0) is 7.05 Å². The minimum atomic E-state index is 0.0952. The van der Waals surface area contributed by atoms with E-state index in [0.29, 0.717) is 6.54 Å². The first-order valence-corrected chi connectivity index (χ1v) is 6.11. The number of likely N-dealkylation sites (N-methyl/N-ethyl adjacent to an activating group) is 1. The summed E-state index contributed by atoms with van der Waals surface area (Å²) < 4.78 is 7.02. The van der Waals surface area contributed by atoms with Gasteiger partial charge in [-0.05, 0) is 24.3 Å². The van der Waals surface area contributed by atoms with Crippen molar-refractivity contribution < 1.29 is 9.53 Å². The molecule has 2 rings (SSSR count). The van der Waals surface area contributed by atoms with Crippen molar-refractivity contribution in [1.82, 2.24) is 4.57 Å². The second kappa shape index (κ2) is 5.61. The van der Waals surface area contributed by atoms with Crippen LogP contribution < -0.4 is 9.64 Å². The van der Waals surface area contributed by atoms with E-state index in [4.69, 9.17) is 4.74 Å². The maximum absolute atomic E-state index is 12.2. The van der Waals surface area contributed by atoms with Gasteiger partial charge in [0.2, 0.25) is 0 Å². The van der Waals surface area contributed by atoms with E-state index in [0.717, 1.165) is 17.1 Å². The summed E-state index contributed by atoms with van der Waals surface area (Å²) in [6, 6.07) is 11.4. The number of nitrogens with zero attached hydrogens (tertiary/aromatic N) is 2. The van der Waals surface area contributed by atoms with Gasteiger partial charge in [-0.1, -0.05) is 6.07 Å². The molecule has 1 aromatic carbocycles. The molecule has 0 unspecified atom stereocenters. The molecule has 1 aromatic heterocycles.